The second kappa shape index (κ2) is 5.19. The number of carbonyl (C=O) groups is 1. The Labute approximate surface area is 123 Å². The van der Waals surface area contributed by atoms with E-state index in [9.17, 15) is 4.79 Å². The number of benzene rings is 1. The highest BCUT2D eigenvalue weighted by atomic mass is 16.5. The van der Waals surface area contributed by atoms with Gasteiger partial charge in [-0.2, -0.15) is 0 Å². The molecule has 3 atom stereocenters. The van der Waals surface area contributed by atoms with E-state index in [2.05, 4.69) is 22.4 Å². The summed E-state index contributed by atoms with van der Waals surface area (Å²) in [6, 6.07) is 8.45. The fourth-order valence-corrected chi connectivity index (χ4v) is 3.66. The summed E-state index contributed by atoms with van der Waals surface area (Å²) in [7, 11) is 0. The molecule has 1 aromatic carbocycles. The SMILES string of the molecule is O=C(CCc1c[nH]c2ccccc12)NC1CC2CCC1O2. The molecule has 2 saturated heterocycles. The zero-order valence-electron chi connectivity index (χ0n) is 12.0. The lowest BCUT2D eigenvalue weighted by atomic mass is 9.95. The Balaban J connectivity index is 1.35. The van der Waals surface area contributed by atoms with Crippen LogP contribution in [0.2, 0.25) is 0 Å². The molecule has 0 spiro atoms. The Morgan fingerprint density at radius 2 is 2.24 bits per heavy atom. The molecule has 4 nitrogen and oxygen atoms in total. The first-order chi connectivity index (χ1) is 10.3. The minimum Gasteiger partial charge on any atom is -0.373 e. The van der Waals surface area contributed by atoms with Crippen LogP contribution in [-0.4, -0.2) is 29.1 Å². The molecular formula is C17H20N2O2. The number of rotatable bonds is 4. The number of aromatic nitrogens is 1. The van der Waals surface area contributed by atoms with E-state index < -0.39 is 0 Å². The van der Waals surface area contributed by atoms with E-state index in [0.29, 0.717) is 12.5 Å². The highest BCUT2D eigenvalue weighted by Crippen LogP contribution is 2.34. The van der Waals surface area contributed by atoms with Crippen molar-refractivity contribution in [2.75, 3.05) is 0 Å². The number of amides is 1. The number of nitrogens with one attached hydrogen (secondary N) is 2. The number of fused-ring (bicyclic) bond motifs is 3. The fourth-order valence-electron chi connectivity index (χ4n) is 3.66. The van der Waals surface area contributed by atoms with Crippen LogP contribution >= 0.6 is 0 Å². The summed E-state index contributed by atoms with van der Waals surface area (Å²) in [6.45, 7) is 0. The molecule has 1 aromatic heterocycles. The van der Waals surface area contributed by atoms with Crippen LogP contribution in [-0.2, 0) is 16.0 Å². The number of aromatic amines is 1. The van der Waals surface area contributed by atoms with Crippen LogP contribution < -0.4 is 5.32 Å². The number of aryl methyl sites for hydroxylation is 1. The van der Waals surface area contributed by atoms with Gasteiger partial charge in [-0.25, -0.2) is 0 Å². The average Bonchev–Trinajstić information content (AvgIpc) is 3.20. The lowest BCUT2D eigenvalue weighted by Gasteiger charge is -2.19. The summed E-state index contributed by atoms with van der Waals surface area (Å²) in [4.78, 5) is 15.4. The van der Waals surface area contributed by atoms with Crippen molar-refractivity contribution in [1.82, 2.24) is 10.3 Å². The molecule has 1 amide bonds. The van der Waals surface area contributed by atoms with Crippen molar-refractivity contribution in [3.63, 3.8) is 0 Å². The Morgan fingerprint density at radius 3 is 3.05 bits per heavy atom. The zero-order chi connectivity index (χ0) is 14.2. The van der Waals surface area contributed by atoms with Crippen molar-refractivity contribution < 1.29 is 9.53 Å². The van der Waals surface area contributed by atoms with Crippen LogP contribution in [0, 0.1) is 0 Å². The minimum atomic E-state index is 0.140. The van der Waals surface area contributed by atoms with Crippen molar-refractivity contribution >= 4 is 16.8 Å². The lowest BCUT2D eigenvalue weighted by molar-refractivity contribution is -0.122. The smallest absolute Gasteiger partial charge is 0.220 e. The third-order valence-electron chi connectivity index (χ3n) is 4.75. The largest absolute Gasteiger partial charge is 0.373 e. The zero-order valence-corrected chi connectivity index (χ0v) is 12.0. The second-order valence-electron chi connectivity index (χ2n) is 6.14. The topological polar surface area (TPSA) is 54.1 Å². The third-order valence-corrected chi connectivity index (χ3v) is 4.75. The maximum Gasteiger partial charge on any atom is 0.220 e. The Morgan fingerprint density at radius 1 is 1.33 bits per heavy atom. The first-order valence-electron chi connectivity index (χ1n) is 7.79. The standard InChI is InChI=1S/C17H20N2O2/c20-17(19-15-9-12-6-7-16(15)21-12)8-5-11-10-18-14-4-2-1-3-13(11)14/h1-4,10,12,15-16,18H,5-9H2,(H,19,20). The van der Waals surface area contributed by atoms with Crippen LogP contribution in [0.25, 0.3) is 10.9 Å². The third kappa shape index (κ3) is 2.44. The molecule has 0 aliphatic carbocycles. The van der Waals surface area contributed by atoms with Crippen molar-refractivity contribution in [3.05, 3.63) is 36.0 Å². The number of hydrogen-bond acceptors (Lipinski definition) is 2. The first-order valence-corrected chi connectivity index (χ1v) is 7.79. The van der Waals surface area contributed by atoms with E-state index in [4.69, 9.17) is 4.74 Å². The summed E-state index contributed by atoms with van der Waals surface area (Å²) in [5.41, 5.74) is 2.35. The lowest BCUT2D eigenvalue weighted by Crippen LogP contribution is -2.41. The highest BCUT2D eigenvalue weighted by Gasteiger charge is 2.41. The molecule has 2 aliphatic heterocycles. The molecule has 110 valence electrons. The molecule has 2 aromatic rings. The van der Waals surface area contributed by atoms with Gasteiger partial charge in [-0.05, 0) is 37.3 Å². The average molecular weight is 284 g/mol. The summed E-state index contributed by atoms with van der Waals surface area (Å²) < 4.78 is 5.77. The Hall–Kier alpha value is -1.81. The molecule has 2 N–H and O–H groups in total. The normalized spacial score (nSPS) is 27.3. The molecule has 4 rings (SSSR count). The van der Waals surface area contributed by atoms with Gasteiger partial charge in [0.05, 0.1) is 18.2 Å². The minimum absolute atomic E-state index is 0.140. The van der Waals surface area contributed by atoms with E-state index in [1.54, 1.807) is 0 Å². The predicted molar refractivity (Wildman–Crippen MR) is 81.1 cm³/mol. The van der Waals surface area contributed by atoms with Gasteiger partial charge in [0.1, 0.15) is 0 Å². The number of hydrogen-bond donors (Lipinski definition) is 2. The molecule has 2 aliphatic rings. The van der Waals surface area contributed by atoms with Gasteiger partial charge in [0.2, 0.25) is 5.91 Å². The molecule has 0 radical (unpaired) electrons. The second-order valence-corrected chi connectivity index (χ2v) is 6.14. The van der Waals surface area contributed by atoms with Gasteiger partial charge in [0.25, 0.3) is 0 Å². The molecule has 21 heavy (non-hydrogen) atoms. The monoisotopic (exact) mass is 284 g/mol. The molecule has 2 fully saturated rings. The van der Waals surface area contributed by atoms with Gasteiger partial charge in [0.15, 0.2) is 0 Å². The predicted octanol–water partition coefficient (Wildman–Crippen LogP) is 2.54. The van der Waals surface area contributed by atoms with Crippen LogP contribution in [0.15, 0.2) is 30.5 Å². The van der Waals surface area contributed by atoms with Crippen molar-refractivity contribution in [1.29, 1.82) is 0 Å². The van der Waals surface area contributed by atoms with Gasteiger partial charge in [-0.1, -0.05) is 18.2 Å². The van der Waals surface area contributed by atoms with E-state index in [0.717, 1.165) is 31.2 Å². The van der Waals surface area contributed by atoms with Gasteiger partial charge in [0, 0.05) is 23.5 Å². The summed E-state index contributed by atoms with van der Waals surface area (Å²) in [5.74, 6) is 0.140. The van der Waals surface area contributed by atoms with Crippen molar-refractivity contribution in [2.45, 2.75) is 50.4 Å². The van der Waals surface area contributed by atoms with Gasteiger partial charge in [-0.15, -0.1) is 0 Å². The highest BCUT2D eigenvalue weighted by molar-refractivity contribution is 5.84. The van der Waals surface area contributed by atoms with E-state index >= 15 is 0 Å². The molecule has 4 heteroatoms. The summed E-state index contributed by atoms with van der Waals surface area (Å²) in [5, 5.41) is 4.36. The molecular weight excluding hydrogens is 264 g/mol. The van der Waals surface area contributed by atoms with E-state index in [-0.39, 0.29) is 18.1 Å². The number of carbonyl (C=O) groups excluding carboxylic acids is 1. The van der Waals surface area contributed by atoms with Gasteiger partial charge in [-0.3, -0.25) is 4.79 Å². The van der Waals surface area contributed by atoms with E-state index in [1.807, 2.05) is 18.3 Å². The van der Waals surface area contributed by atoms with Gasteiger partial charge >= 0.3 is 0 Å². The molecule has 2 bridgehead atoms. The molecule has 3 heterocycles. The fraction of sp³-hybridized carbons (Fsp3) is 0.471. The van der Waals surface area contributed by atoms with E-state index in [1.165, 1.54) is 10.9 Å². The maximum absolute atomic E-state index is 12.1. The number of H-pyrrole nitrogens is 1. The van der Waals surface area contributed by atoms with Crippen molar-refractivity contribution in [2.24, 2.45) is 0 Å². The first kappa shape index (κ1) is 12.9. The van der Waals surface area contributed by atoms with Crippen LogP contribution in [0.3, 0.4) is 0 Å². The number of para-hydroxylation sites is 1. The van der Waals surface area contributed by atoms with Gasteiger partial charge < -0.3 is 15.0 Å². The summed E-state index contributed by atoms with van der Waals surface area (Å²) in [6.07, 6.45) is 7.21. The molecule has 0 saturated carbocycles. The Bertz CT molecular complexity index is 664. The Kier molecular flexibility index (Phi) is 3.19. The maximum atomic E-state index is 12.1. The van der Waals surface area contributed by atoms with Crippen LogP contribution in [0.4, 0.5) is 0 Å². The number of ether oxygens (including phenoxy) is 1. The quantitative estimate of drug-likeness (QED) is 0.906. The van der Waals surface area contributed by atoms with Crippen LogP contribution in [0.5, 0.6) is 0 Å². The molecule has 3 unspecified atom stereocenters. The summed E-state index contributed by atoms with van der Waals surface area (Å²) >= 11 is 0. The van der Waals surface area contributed by atoms with Crippen molar-refractivity contribution in [3.8, 4) is 0 Å². The van der Waals surface area contributed by atoms with Crippen LogP contribution in [0.1, 0.15) is 31.2 Å².